The van der Waals surface area contributed by atoms with Gasteiger partial charge in [-0.3, -0.25) is 29.6 Å². The minimum Gasteiger partial charge on any atom is -0.455 e. The summed E-state index contributed by atoms with van der Waals surface area (Å²) in [6, 6.07) is 13.3. The largest absolute Gasteiger partial charge is 0.455 e. The fourth-order valence-corrected chi connectivity index (χ4v) is 2.98. The van der Waals surface area contributed by atoms with Crippen LogP contribution in [0.4, 0.5) is 5.69 Å². The van der Waals surface area contributed by atoms with Crippen molar-refractivity contribution in [1.29, 1.82) is 0 Å². The molecule has 2 aromatic rings. The molecule has 156 valence electrons. The van der Waals surface area contributed by atoms with E-state index in [1.165, 1.54) is 12.1 Å². The van der Waals surface area contributed by atoms with Gasteiger partial charge in [0.1, 0.15) is 0 Å². The number of carbonyl (C=O) groups excluding carboxylic acids is 4. The molecule has 0 unspecified atom stereocenters. The Bertz CT molecular complexity index is 960. The maximum atomic E-state index is 12.2. The lowest BCUT2D eigenvalue weighted by Crippen LogP contribution is -2.43. The summed E-state index contributed by atoms with van der Waals surface area (Å²) in [7, 11) is 0. The van der Waals surface area contributed by atoms with Gasteiger partial charge in [-0.2, -0.15) is 0 Å². The van der Waals surface area contributed by atoms with Crippen LogP contribution < -0.4 is 10.7 Å². The topological polar surface area (TPSA) is 105 Å². The highest BCUT2D eigenvalue weighted by Crippen LogP contribution is 2.18. The van der Waals surface area contributed by atoms with Gasteiger partial charge in [0, 0.05) is 22.7 Å². The Kier molecular flexibility index (Phi) is 6.68. The molecular weight excluding hydrogens is 410 g/mol. The lowest BCUT2D eigenvalue weighted by atomic mass is 10.1. The van der Waals surface area contributed by atoms with Gasteiger partial charge in [-0.1, -0.05) is 29.3 Å². The van der Waals surface area contributed by atoms with Gasteiger partial charge in [0.15, 0.2) is 6.61 Å². The average Bonchev–Trinajstić information content (AvgIpc) is 3.09. The first kappa shape index (κ1) is 21.3. The Morgan fingerprint density at radius 2 is 1.77 bits per heavy atom. The zero-order valence-electron chi connectivity index (χ0n) is 16.2. The van der Waals surface area contributed by atoms with Crippen LogP contribution in [0.5, 0.6) is 0 Å². The third-order valence-corrected chi connectivity index (χ3v) is 4.73. The molecule has 1 fully saturated rings. The smallest absolute Gasteiger partial charge is 0.311 e. The zero-order valence-corrected chi connectivity index (χ0v) is 16.9. The number of nitrogens with zero attached hydrogens (tertiary/aromatic N) is 1. The van der Waals surface area contributed by atoms with Crippen molar-refractivity contribution in [2.24, 2.45) is 5.92 Å². The summed E-state index contributed by atoms with van der Waals surface area (Å²) in [6.45, 7) is 1.43. The number of hydrogen-bond acceptors (Lipinski definition) is 5. The molecule has 3 rings (SSSR count). The minimum atomic E-state index is -0.768. The number of rotatable bonds is 6. The van der Waals surface area contributed by atoms with Crippen molar-refractivity contribution < 1.29 is 23.9 Å². The van der Waals surface area contributed by atoms with Gasteiger partial charge in [-0.05, 0) is 43.3 Å². The molecule has 0 saturated carbocycles. The number of carbonyl (C=O) groups is 4. The number of hydrazine groups is 1. The lowest BCUT2D eigenvalue weighted by Gasteiger charge is -2.17. The van der Waals surface area contributed by atoms with Crippen molar-refractivity contribution >= 4 is 41.0 Å². The molecule has 0 aromatic heterocycles. The highest BCUT2D eigenvalue weighted by atomic mass is 35.5. The van der Waals surface area contributed by atoms with E-state index in [1.54, 1.807) is 24.3 Å². The van der Waals surface area contributed by atoms with Gasteiger partial charge in [-0.25, -0.2) is 0 Å². The van der Waals surface area contributed by atoms with Crippen molar-refractivity contribution in [2.45, 2.75) is 13.3 Å². The quantitative estimate of drug-likeness (QED) is 0.686. The first-order chi connectivity index (χ1) is 14.3. The molecule has 0 bridgehead atoms. The number of aryl methyl sites for hydroxylation is 1. The van der Waals surface area contributed by atoms with Crippen molar-refractivity contribution in [2.75, 3.05) is 18.5 Å². The fraction of sp³-hybridized carbons (Fsp3) is 0.238. The molecule has 0 aliphatic carbocycles. The number of nitrogens with one attached hydrogen (secondary N) is 2. The molecule has 0 radical (unpaired) electrons. The van der Waals surface area contributed by atoms with Crippen LogP contribution in [-0.2, 0) is 19.1 Å². The molecule has 9 heteroatoms. The number of esters is 1. The summed E-state index contributed by atoms with van der Waals surface area (Å²) in [6.07, 6.45) is -0.112. The predicted molar refractivity (Wildman–Crippen MR) is 110 cm³/mol. The van der Waals surface area contributed by atoms with Crippen LogP contribution in [0.15, 0.2) is 48.5 Å². The summed E-state index contributed by atoms with van der Waals surface area (Å²) in [4.78, 5) is 48.5. The highest BCUT2D eigenvalue weighted by Gasteiger charge is 2.36. The maximum Gasteiger partial charge on any atom is 0.311 e. The van der Waals surface area contributed by atoms with E-state index in [0.717, 1.165) is 10.6 Å². The summed E-state index contributed by atoms with van der Waals surface area (Å²) in [5.74, 6) is -2.83. The van der Waals surface area contributed by atoms with Gasteiger partial charge in [-0.15, -0.1) is 0 Å². The van der Waals surface area contributed by atoms with Gasteiger partial charge in [0.25, 0.3) is 11.8 Å². The van der Waals surface area contributed by atoms with Crippen molar-refractivity contribution in [3.05, 3.63) is 64.7 Å². The van der Waals surface area contributed by atoms with E-state index in [0.29, 0.717) is 16.3 Å². The van der Waals surface area contributed by atoms with E-state index in [1.807, 2.05) is 19.1 Å². The van der Waals surface area contributed by atoms with Gasteiger partial charge >= 0.3 is 5.97 Å². The first-order valence-electron chi connectivity index (χ1n) is 9.22. The van der Waals surface area contributed by atoms with Crippen molar-refractivity contribution in [3.63, 3.8) is 0 Å². The monoisotopic (exact) mass is 429 g/mol. The Balaban J connectivity index is 1.47. The van der Waals surface area contributed by atoms with Crippen LogP contribution in [0.1, 0.15) is 22.3 Å². The van der Waals surface area contributed by atoms with Crippen LogP contribution in [0.3, 0.4) is 0 Å². The van der Waals surface area contributed by atoms with Crippen LogP contribution in [0.2, 0.25) is 5.02 Å². The number of ether oxygens (including phenoxy) is 1. The minimum absolute atomic E-state index is 0.0312. The van der Waals surface area contributed by atoms with Crippen molar-refractivity contribution in [1.82, 2.24) is 10.4 Å². The predicted octanol–water partition coefficient (Wildman–Crippen LogP) is 2.32. The number of benzene rings is 2. The van der Waals surface area contributed by atoms with Crippen LogP contribution in [0.25, 0.3) is 0 Å². The summed E-state index contributed by atoms with van der Waals surface area (Å²) in [5.41, 5.74) is 4.44. The van der Waals surface area contributed by atoms with Gasteiger partial charge < -0.3 is 10.1 Å². The van der Waals surface area contributed by atoms with E-state index in [-0.39, 0.29) is 13.0 Å². The molecule has 1 heterocycles. The normalized spacial score (nSPS) is 15.6. The average molecular weight is 430 g/mol. The summed E-state index contributed by atoms with van der Waals surface area (Å²) in [5, 5.41) is 4.18. The molecule has 2 aromatic carbocycles. The second-order valence-corrected chi connectivity index (χ2v) is 7.31. The third kappa shape index (κ3) is 5.57. The molecule has 1 atom stereocenters. The molecule has 30 heavy (non-hydrogen) atoms. The molecule has 8 nitrogen and oxygen atoms in total. The third-order valence-electron chi connectivity index (χ3n) is 4.48. The van der Waals surface area contributed by atoms with Crippen LogP contribution in [0, 0.1) is 12.8 Å². The van der Waals surface area contributed by atoms with Crippen LogP contribution >= 0.6 is 11.6 Å². The standard InChI is InChI=1S/C21H20ClN3O5/c1-13-2-8-17(9-3-13)23-18(26)12-30-21(29)15-10-19(27)25(11-15)24-20(28)14-4-6-16(22)7-5-14/h2-9,15H,10-12H2,1H3,(H,23,26)(H,24,28)/t15-/m0/s1. The maximum absolute atomic E-state index is 12.2. The molecule has 1 aliphatic heterocycles. The highest BCUT2D eigenvalue weighted by molar-refractivity contribution is 6.30. The zero-order chi connectivity index (χ0) is 21.7. The van der Waals surface area contributed by atoms with Crippen LogP contribution in [-0.4, -0.2) is 41.9 Å². The van der Waals surface area contributed by atoms with E-state index < -0.39 is 36.2 Å². The Labute approximate surface area is 178 Å². The molecule has 0 spiro atoms. The first-order valence-corrected chi connectivity index (χ1v) is 9.59. The second-order valence-electron chi connectivity index (χ2n) is 6.88. The van der Waals surface area contributed by atoms with E-state index >= 15 is 0 Å². The SMILES string of the molecule is Cc1ccc(NC(=O)COC(=O)[C@H]2CC(=O)N(NC(=O)c3ccc(Cl)cc3)C2)cc1. The number of halogens is 1. The van der Waals surface area contributed by atoms with E-state index in [2.05, 4.69) is 10.7 Å². The van der Waals surface area contributed by atoms with E-state index in [9.17, 15) is 19.2 Å². The molecule has 2 N–H and O–H groups in total. The Morgan fingerprint density at radius 1 is 1.10 bits per heavy atom. The Morgan fingerprint density at radius 3 is 2.43 bits per heavy atom. The number of hydrogen-bond donors (Lipinski definition) is 2. The number of amides is 3. The summed E-state index contributed by atoms with van der Waals surface area (Å²) >= 11 is 5.79. The molecular formula is C21H20ClN3O5. The second kappa shape index (κ2) is 9.41. The Hall–Kier alpha value is -3.39. The molecule has 1 aliphatic rings. The lowest BCUT2D eigenvalue weighted by molar-refractivity contribution is -0.151. The fourth-order valence-electron chi connectivity index (χ4n) is 2.85. The molecule has 1 saturated heterocycles. The van der Waals surface area contributed by atoms with Crippen molar-refractivity contribution in [3.8, 4) is 0 Å². The van der Waals surface area contributed by atoms with E-state index in [4.69, 9.17) is 16.3 Å². The molecule has 3 amide bonds. The van der Waals surface area contributed by atoms with Gasteiger partial charge in [0.05, 0.1) is 12.5 Å². The number of anilines is 1. The summed E-state index contributed by atoms with van der Waals surface area (Å²) < 4.78 is 5.03. The van der Waals surface area contributed by atoms with Gasteiger partial charge in [0.2, 0.25) is 5.91 Å².